The van der Waals surface area contributed by atoms with E-state index in [1.165, 1.54) is 11.1 Å². The molecule has 2 rings (SSSR count). The highest BCUT2D eigenvalue weighted by Crippen LogP contribution is 2.28. The molecule has 0 aliphatic heterocycles. The summed E-state index contributed by atoms with van der Waals surface area (Å²) in [7, 11) is 1.74. The van der Waals surface area contributed by atoms with Gasteiger partial charge in [0, 0.05) is 18.2 Å². The lowest BCUT2D eigenvalue weighted by atomic mass is 10.1. The number of nitrogens with two attached hydrogens (primary N) is 2. The Balaban J connectivity index is 0.000000648. The van der Waals surface area contributed by atoms with E-state index < -0.39 is 5.82 Å². The Morgan fingerprint density at radius 3 is 2.54 bits per heavy atom. The minimum absolute atomic E-state index is 0.267. The molecule has 0 heterocycles. The lowest BCUT2D eigenvalue weighted by Gasteiger charge is -2.17. The average molecular weight is 336 g/mol. The molecule has 0 atom stereocenters. The Morgan fingerprint density at radius 1 is 1.33 bits per heavy atom. The number of hydrogen-bond donors (Lipinski definition) is 4. The van der Waals surface area contributed by atoms with E-state index in [4.69, 9.17) is 15.4 Å². The first-order valence-corrected chi connectivity index (χ1v) is 6.99. The molecule has 24 heavy (non-hydrogen) atoms. The van der Waals surface area contributed by atoms with E-state index in [0.29, 0.717) is 12.2 Å². The van der Waals surface area contributed by atoms with Gasteiger partial charge in [0.25, 0.3) is 0 Å². The second-order valence-electron chi connectivity index (χ2n) is 4.83. The number of amides is 1. The van der Waals surface area contributed by atoms with Crippen LogP contribution in [0.1, 0.15) is 11.1 Å². The molecule has 2 aromatic carbocycles. The number of anilines is 1. The molecule has 2 aromatic rings. The molecular formula is C16H21FN4O3. The van der Waals surface area contributed by atoms with Crippen LogP contribution in [-0.2, 0) is 11.4 Å². The number of carbonyl (C=O) groups is 1. The van der Waals surface area contributed by atoms with Gasteiger partial charge in [-0.3, -0.25) is 10.2 Å². The van der Waals surface area contributed by atoms with Gasteiger partial charge in [0.1, 0.15) is 12.4 Å². The summed E-state index contributed by atoms with van der Waals surface area (Å²) in [5.74, 6) is 9.51. The van der Waals surface area contributed by atoms with Crippen LogP contribution in [0.4, 0.5) is 10.1 Å². The fourth-order valence-corrected chi connectivity index (χ4v) is 1.94. The molecule has 8 heteroatoms. The molecule has 1 amide bonds. The predicted molar refractivity (Wildman–Crippen MR) is 89.6 cm³/mol. The Morgan fingerprint density at radius 2 is 1.96 bits per heavy atom. The molecule has 0 bridgehead atoms. The number of benzene rings is 2. The molecule has 130 valence electrons. The molecule has 0 aromatic heterocycles. The van der Waals surface area contributed by atoms with Crippen molar-refractivity contribution in [2.24, 2.45) is 11.7 Å². The lowest BCUT2D eigenvalue weighted by molar-refractivity contribution is -0.109. The van der Waals surface area contributed by atoms with E-state index in [0.717, 1.165) is 11.3 Å². The number of nitrogens with one attached hydrogen (secondary N) is 1. The van der Waals surface area contributed by atoms with Gasteiger partial charge in [-0.05, 0) is 25.1 Å². The van der Waals surface area contributed by atoms with Crippen LogP contribution in [0.5, 0.6) is 11.5 Å². The third-order valence-corrected chi connectivity index (χ3v) is 3.14. The number of ether oxygens (including phenoxy) is 1. The SMILES string of the molecule is Cc1c(OCc2ccccc2N(C)N)ccc(O)c1F.NNC=O. The summed E-state index contributed by atoms with van der Waals surface area (Å²) in [4.78, 5) is 8.94. The normalized spacial score (nSPS) is 9.54. The fraction of sp³-hybridized carbons (Fsp3) is 0.188. The van der Waals surface area contributed by atoms with Crippen LogP contribution in [-0.4, -0.2) is 18.6 Å². The van der Waals surface area contributed by atoms with Crippen LogP contribution in [0.25, 0.3) is 0 Å². The first kappa shape index (κ1) is 19.2. The van der Waals surface area contributed by atoms with Gasteiger partial charge < -0.3 is 14.9 Å². The molecule has 0 spiro atoms. The van der Waals surface area contributed by atoms with Crippen molar-refractivity contribution in [2.45, 2.75) is 13.5 Å². The minimum atomic E-state index is -0.660. The average Bonchev–Trinajstić information content (AvgIpc) is 2.59. The molecule has 0 aliphatic rings. The van der Waals surface area contributed by atoms with Crippen LogP contribution in [0.15, 0.2) is 36.4 Å². The van der Waals surface area contributed by atoms with Crippen LogP contribution in [0.3, 0.4) is 0 Å². The minimum Gasteiger partial charge on any atom is -0.505 e. The molecule has 0 fully saturated rings. The standard InChI is InChI=1S/C15H17FN2O2.CH4N2O/c1-10-14(8-7-13(19)15(10)16)20-9-11-5-3-4-6-12(11)18(2)17;2-3-1-4/h3-8,19H,9,17H2,1-2H3;1H,2H2,(H,3,4). The van der Waals surface area contributed by atoms with Crippen molar-refractivity contribution in [3.05, 3.63) is 53.3 Å². The summed E-state index contributed by atoms with van der Waals surface area (Å²) < 4.78 is 19.2. The van der Waals surface area contributed by atoms with E-state index in [1.807, 2.05) is 24.3 Å². The zero-order valence-corrected chi connectivity index (χ0v) is 13.5. The number of hydrazine groups is 2. The molecule has 6 N–H and O–H groups in total. The van der Waals surface area contributed by atoms with Crippen LogP contribution >= 0.6 is 0 Å². The number of aromatic hydroxyl groups is 1. The molecule has 0 saturated carbocycles. The van der Waals surface area contributed by atoms with E-state index in [1.54, 1.807) is 25.5 Å². The van der Waals surface area contributed by atoms with E-state index in [-0.39, 0.29) is 17.9 Å². The van der Waals surface area contributed by atoms with Crippen LogP contribution in [0, 0.1) is 12.7 Å². The Bertz CT molecular complexity index is 680. The Hall–Kier alpha value is -2.84. The van der Waals surface area contributed by atoms with Crippen molar-refractivity contribution in [2.75, 3.05) is 12.1 Å². The molecule has 0 saturated heterocycles. The van der Waals surface area contributed by atoms with Crippen molar-refractivity contribution in [3.8, 4) is 11.5 Å². The second-order valence-corrected chi connectivity index (χ2v) is 4.83. The molecular weight excluding hydrogens is 315 g/mol. The number of rotatable bonds is 5. The van der Waals surface area contributed by atoms with E-state index >= 15 is 0 Å². The molecule has 0 unspecified atom stereocenters. The largest absolute Gasteiger partial charge is 0.505 e. The van der Waals surface area contributed by atoms with Crippen molar-refractivity contribution in [1.29, 1.82) is 0 Å². The van der Waals surface area contributed by atoms with Gasteiger partial charge in [0.2, 0.25) is 6.41 Å². The first-order valence-electron chi connectivity index (χ1n) is 6.99. The number of phenolic OH excluding ortho intramolecular Hbond substituents is 1. The number of phenols is 1. The Kier molecular flexibility index (Phi) is 7.47. The van der Waals surface area contributed by atoms with Gasteiger partial charge in [-0.1, -0.05) is 18.2 Å². The van der Waals surface area contributed by atoms with Gasteiger partial charge in [0.05, 0.1) is 5.69 Å². The van der Waals surface area contributed by atoms with Crippen molar-refractivity contribution in [1.82, 2.24) is 5.43 Å². The van der Waals surface area contributed by atoms with Gasteiger partial charge >= 0.3 is 0 Å². The second kappa shape index (κ2) is 9.33. The maximum absolute atomic E-state index is 13.6. The van der Waals surface area contributed by atoms with E-state index in [9.17, 15) is 9.50 Å². The van der Waals surface area contributed by atoms with Gasteiger partial charge in [-0.2, -0.15) is 0 Å². The fourth-order valence-electron chi connectivity index (χ4n) is 1.94. The summed E-state index contributed by atoms with van der Waals surface area (Å²) >= 11 is 0. The first-order chi connectivity index (χ1) is 11.4. The zero-order chi connectivity index (χ0) is 18.1. The maximum atomic E-state index is 13.6. The molecule has 7 nitrogen and oxygen atoms in total. The smallest absolute Gasteiger partial charge is 0.221 e. The zero-order valence-electron chi connectivity index (χ0n) is 13.5. The summed E-state index contributed by atoms with van der Waals surface area (Å²) in [6, 6.07) is 10.4. The van der Waals surface area contributed by atoms with Gasteiger partial charge in [0.15, 0.2) is 11.6 Å². The lowest BCUT2D eigenvalue weighted by Crippen LogP contribution is -2.26. The van der Waals surface area contributed by atoms with Gasteiger partial charge in [-0.25, -0.2) is 16.1 Å². The van der Waals surface area contributed by atoms with Gasteiger partial charge in [-0.15, -0.1) is 0 Å². The van der Waals surface area contributed by atoms with Crippen LogP contribution in [0.2, 0.25) is 0 Å². The summed E-state index contributed by atoms with van der Waals surface area (Å²) in [6.07, 6.45) is 0.403. The number of nitrogens with zero attached hydrogens (tertiary/aromatic N) is 1. The van der Waals surface area contributed by atoms with E-state index in [2.05, 4.69) is 5.84 Å². The van der Waals surface area contributed by atoms with Crippen molar-refractivity contribution >= 4 is 12.1 Å². The summed E-state index contributed by atoms with van der Waals surface area (Å²) in [5.41, 5.74) is 3.76. The quantitative estimate of drug-likeness (QED) is 0.283. The Labute approximate surface area is 139 Å². The number of hydrogen-bond acceptors (Lipinski definition) is 6. The number of para-hydroxylation sites is 1. The predicted octanol–water partition coefficient (Wildman–Crippen LogP) is 1.33. The highest BCUT2D eigenvalue weighted by molar-refractivity contribution is 5.51. The van der Waals surface area contributed by atoms with Crippen molar-refractivity contribution in [3.63, 3.8) is 0 Å². The molecule has 0 aliphatic carbocycles. The number of carbonyl (C=O) groups excluding carboxylic acids is 1. The monoisotopic (exact) mass is 336 g/mol. The van der Waals surface area contributed by atoms with Crippen molar-refractivity contribution < 1.29 is 19.0 Å². The molecule has 0 radical (unpaired) electrons. The summed E-state index contributed by atoms with van der Waals surface area (Å²) in [5, 5.41) is 10.8. The third kappa shape index (κ3) is 5.11. The summed E-state index contributed by atoms with van der Waals surface area (Å²) in [6.45, 7) is 1.83. The topological polar surface area (TPSA) is 114 Å². The highest BCUT2D eigenvalue weighted by Gasteiger charge is 2.11. The highest BCUT2D eigenvalue weighted by atomic mass is 19.1. The maximum Gasteiger partial charge on any atom is 0.221 e. The third-order valence-electron chi connectivity index (χ3n) is 3.14. The van der Waals surface area contributed by atoms with Crippen LogP contribution < -0.4 is 26.9 Å². The number of halogens is 1.